The van der Waals surface area contributed by atoms with Gasteiger partial charge in [-0.15, -0.1) is 0 Å². The van der Waals surface area contributed by atoms with Crippen molar-refractivity contribution in [2.75, 3.05) is 0 Å². The molecular weight excluding hydrogens is 200 g/mol. The van der Waals surface area contributed by atoms with E-state index in [1.54, 1.807) is 18.6 Å². The van der Waals surface area contributed by atoms with Crippen LogP contribution in [-0.2, 0) is 0 Å². The number of aryl methyl sites for hydroxylation is 3. The zero-order valence-electron chi connectivity index (χ0n) is 9.82. The smallest absolute Gasteiger partial charge is 0.108 e. The number of hydrogen-bond donors (Lipinski definition) is 1. The Kier molecular flexibility index (Phi) is 2.84. The van der Waals surface area contributed by atoms with E-state index in [0.717, 1.165) is 22.3 Å². The normalized spacial score (nSPS) is 12.8. The Morgan fingerprint density at radius 1 is 1.12 bits per heavy atom. The van der Waals surface area contributed by atoms with Crippen LogP contribution in [0.2, 0.25) is 0 Å². The first kappa shape index (κ1) is 11.0. The molecule has 1 aromatic carbocycles. The van der Waals surface area contributed by atoms with Crippen molar-refractivity contribution < 1.29 is 9.52 Å². The van der Waals surface area contributed by atoms with E-state index in [2.05, 4.69) is 19.1 Å². The molecule has 2 nitrogen and oxygen atoms in total. The van der Waals surface area contributed by atoms with Gasteiger partial charge in [-0.3, -0.25) is 0 Å². The predicted molar refractivity (Wildman–Crippen MR) is 63.4 cm³/mol. The third kappa shape index (κ3) is 1.89. The molecule has 0 aliphatic carbocycles. The molecular formula is C14H16O2. The number of furan rings is 1. The van der Waals surface area contributed by atoms with Gasteiger partial charge in [0.2, 0.25) is 0 Å². The fourth-order valence-corrected chi connectivity index (χ4v) is 2.22. The van der Waals surface area contributed by atoms with Gasteiger partial charge in [-0.2, -0.15) is 0 Å². The van der Waals surface area contributed by atoms with Crippen LogP contribution < -0.4 is 0 Å². The minimum Gasteiger partial charge on any atom is -0.472 e. The summed E-state index contributed by atoms with van der Waals surface area (Å²) in [6, 6.07) is 5.97. The lowest BCUT2D eigenvalue weighted by molar-refractivity contribution is 0.217. The summed E-state index contributed by atoms with van der Waals surface area (Å²) in [4.78, 5) is 0. The lowest BCUT2D eigenvalue weighted by atomic mass is 9.93. The second-order valence-electron chi connectivity index (χ2n) is 4.27. The van der Waals surface area contributed by atoms with Crippen molar-refractivity contribution in [2.24, 2.45) is 0 Å². The quantitative estimate of drug-likeness (QED) is 0.835. The van der Waals surface area contributed by atoms with Gasteiger partial charge in [0.15, 0.2) is 0 Å². The van der Waals surface area contributed by atoms with Crippen LogP contribution in [0.25, 0.3) is 0 Å². The van der Waals surface area contributed by atoms with Crippen LogP contribution in [0.15, 0.2) is 35.1 Å². The summed E-state index contributed by atoms with van der Waals surface area (Å²) in [5, 5.41) is 10.3. The molecule has 0 bridgehead atoms. The molecule has 0 aliphatic rings. The van der Waals surface area contributed by atoms with E-state index in [4.69, 9.17) is 4.42 Å². The zero-order valence-corrected chi connectivity index (χ0v) is 9.82. The van der Waals surface area contributed by atoms with Gasteiger partial charge in [0.05, 0.1) is 12.5 Å². The molecule has 1 atom stereocenters. The molecule has 0 spiro atoms. The second-order valence-corrected chi connectivity index (χ2v) is 4.27. The molecule has 1 heterocycles. The Bertz CT molecular complexity index is 460. The van der Waals surface area contributed by atoms with Gasteiger partial charge >= 0.3 is 0 Å². The molecule has 0 saturated heterocycles. The summed E-state index contributed by atoms with van der Waals surface area (Å²) in [6.45, 7) is 6.12. The molecule has 1 unspecified atom stereocenters. The van der Waals surface area contributed by atoms with E-state index in [0.29, 0.717) is 0 Å². The van der Waals surface area contributed by atoms with E-state index >= 15 is 0 Å². The van der Waals surface area contributed by atoms with Crippen molar-refractivity contribution in [2.45, 2.75) is 26.9 Å². The molecule has 0 amide bonds. The number of aliphatic hydroxyl groups excluding tert-OH is 1. The van der Waals surface area contributed by atoms with E-state index in [1.807, 2.05) is 13.8 Å². The highest BCUT2D eigenvalue weighted by molar-refractivity contribution is 5.42. The Balaban J connectivity index is 2.48. The molecule has 0 fully saturated rings. The molecule has 0 radical (unpaired) electrons. The lowest BCUT2D eigenvalue weighted by Gasteiger charge is -2.16. The van der Waals surface area contributed by atoms with Gasteiger partial charge < -0.3 is 9.52 Å². The highest BCUT2D eigenvalue weighted by atomic mass is 16.3. The fourth-order valence-electron chi connectivity index (χ4n) is 2.22. The minimum absolute atomic E-state index is 0.598. The van der Waals surface area contributed by atoms with Crippen molar-refractivity contribution >= 4 is 0 Å². The van der Waals surface area contributed by atoms with Gasteiger partial charge in [-0.05, 0) is 43.5 Å². The van der Waals surface area contributed by atoms with Crippen LogP contribution in [0.1, 0.15) is 33.9 Å². The van der Waals surface area contributed by atoms with E-state index in [1.165, 1.54) is 5.56 Å². The molecule has 0 saturated carbocycles. The molecule has 0 aliphatic heterocycles. The summed E-state index contributed by atoms with van der Waals surface area (Å²) < 4.78 is 5.00. The van der Waals surface area contributed by atoms with Crippen LogP contribution in [-0.4, -0.2) is 5.11 Å². The average molecular weight is 216 g/mol. The molecule has 1 aromatic heterocycles. The summed E-state index contributed by atoms with van der Waals surface area (Å²) in [7, 11) is 0. The number of benzene rings is 1. The summed E-state index contributed by atoms with van der Waals surface area (Å²) >= 11 is 0. The molecule has 2 rings (SSSR count). The maximum atomic E-state index is 10.3. The first-order valence-electron chi connectivity index (χ1n) is 5.37. The predicted octanol–water partition coefficient (Wildman–Crippen LogP) is 3.29. The molecule has 2 aromatic rings. The van der Waals surface area contributed by atoms with E-state index < -0.39 is 6.10 Å². The van der Waals surface area contributed by atoms with Crippen LogP contribution in [0.3, 0.4) is 0 Å². The van der Waals surface area contributed by atoms with Crippen molar-refractivity contribution in [1.29, 1.82) is 0 Å². The van der Waals surface area contributed by atoms with Gasteiger partial charge in [0, 0.05) is 5.56 Å². The fraction of sp³-hybridized carbons (Fsp3) is 0.286. The van der Waals surface area contributed by atoms with Gasteiger partial charge in [0.25, 0.3) is 0 Å². The van der Waals surface area contributed by atoms with E-state index in [-0.39, 0.29) is 0 Å². The summed E-state index contributed by atoms with van der Waals surface area (Å²) in [5.74, 6) is 0. The van der Waals surface area contributed by atoms with Gasteiger partial charge in [0.1, 0.15) is 6.10 Å². The maximum absolute atomic E-state index is 10.3. The topological polar surface area (TPSA) is 33.4 Å². The minimum atomic E-state index is -0.598. The Morgan fingerprint density at radius 2 is 1.75 bits per heavy atom. The van der Waals surface area contributed by atoms with Crippen LogP contribution in [0.5, 0.6) is 0 Å². The zero-order chi connectivity index (χ0) is 11.7. The van der Waals surface area contributed by atoms with Gasteiger partial charge in [-0.1, -0.05) is 17.7 Å². The Hall–Kier alpha value is -1.54. The number of rotatable bonds is 2. The van der Waals surface area contributed by atoms with Crippen molar-refractivity contribution in [1.82, 2.24) is 0 Å². The molecule has 2 heteroatoms. The van der Waals surface area contributed by atoms with Crippen LogP contribution >= 0.6 is 0 Å². The van der Waals surface area contributed by atoms with Crippen LogP contribution in [0, 0.1) is 20.8 Å². The highest BCUT2D eigenvalue weighted by Crippen LogP contribution is 2.28. The second kappa shape index (κ2) is 4.14. The first-order valence-corrected chi connectivity index (χ1v) is 5.37. The monoisotopic (exact) mass is 216 g/mol. The molecule has 1 N–H and O–H groups in total. The van der Waals surface area contributed by atoms with Crippen molar-refractivity contribution in [3.05, 3.63) is 58.5 Å². The Labute approximate surface area is 95.5 Å². The maximum Gasteiger partial charge on any atom is 0.108 e. The first-order chi connectivity index (χ1) is 7.59. The molecule has 84 valence electrons. The third-order valence-corrected chi connectivity index (χ3v) is 2.87. The van der Waals surface area contributed by atoms with Gasteiger partial charge in [-0.25, -0.2) is 0 Å². The lowest BCUT2D eigenvalue weighted by Crippen LogP contribution is -2.04. The summed E-state index contributed by atoms with van der Waals surface area (Å²) in [5.41, 5.74) is 5.23. The number of aliphatic hydroxyl groups is 1. The highest BCUT2D eigenvalue weighted by Gasteiger charge is 2.16. The van der Waals surface area contributed by atoms with E-state index in [9.17, 15) is 5.11 Å². The molecule has 16 heavy (non-hydrogen) atoms. The number of hydrogen-bond acceptors (Lipinski definition) is 2. The largest absolute Gasteiger partial charge is 0.472 e. The Morgan fingerprint density at radius 3 is 2.25 bits per heavy atom. The third-order valence-electron chi connectivity index (χ3n) is 2.87. The average Bonchev–Trinajstić information content (AvgIpc) is 2.67. The summed E-state index contributed by atoms with van der Waals surface area (Å²) in [6.07, 6.45) is 2.57. The SMILES string of the molecule is Cc1cc(C)c(C(O)c2ccoc2)c(C)c1. The van der Waals surface area contributed by atoms with Crippen LogP contribution in [0.4, 0.5) is 0 Å². The van der Waals surface area contributed by atoms with Crippen molar-refractivity contribution in [3.63, 3.8) is 0 Å². The standard InChI is InChI=1S/C14H16O2/c1-9-6-10(2)13(11(3)7-9)14(15)12-4-5-16-8-12/h4-8,14-15H,1-3H3. The van der Waals surface area contributed by atoms with Crippen molar-refractivity contribution in [3.8, 4) is 0 Å².